The van der Waals surface area contributed by atoms with Gasteiger partial charge in [-0.1, -0.05) is 0 Å². The summed E-state index contributed by atoms with van der Waals surface area (Å²) < 4.78 is 0. The lowest BCUT2D eigenvalue weighted by atomic mass is 10.3. The van der Waals surface area contributed by atoms with Crippen LogP contribution in [0.4, 0.5) is 5.82 Å². The van der Waals surface area contributed by atoms with E-state index in [1.165, 1.54) is 0 Å². The zero-order chi connectivity index (χ0) is 11.4. The van der Waals surface area contributed by atoms with E-state index in [1.807, 2.05) is 17.0 Å². The first-order valence-corrected chi connectivity index (χ1v) is 5.17. The molecule has 0 aliphatic carbocycles. The Hall–Kier alpha value is -2.09. The number of nitriles is 1. The standard InChI is InChI=1S/C11H12N4O/c12-7-9-1-2-10(14-8-9)15-5-3-11(16)13-4-6-15/h1-2,8H,3-6H2,(H,13,16). The summed E-state index contributed by atoms with van der Waals surface area (Å²) in [4.78, 5) is 17.4. The Balaban J connectivity index is 2.11. The Kier molecular flexibility index (Phi) is 3.01. The molecule has 2 heterocycles. The number of hydrogen-bond acceptors (Lipinski definition) is 4. The number of aromatic nitrogens is 1. The summed E-state index contributed by atoms with van der Waals surface area (Å²) in [5, 5.41) is 11.5. The van der Waals surface area contributed by atoms with Crippen molar-refractivity contribution in [2.75, 3.05) is 24.5 Å². The van der Waals surface area contributed by atoms with Crippen LogP contribution in [0.25, 0.3) is 0 Å². The van der Waals surface area contributed by atoms with Gasteiger partial charge in [-0.25, -0.2) is 4.98 Å². The van der Waals surface area contributed by atoms with Crippen LogP contribution in [0.1, 0.15) is 12.0 Å². The number of carbonyl (C=O) groups excluding carboxylic acids is 1. The predicted molar refractivity (Wildman–Crippen MR) is 58.8 cm³/mol. The van der Waals surface area contributed by atoms with Crippen LogP contribution in [0.15, 0.2) is 18.3 Å². The molecule has 5 heteroatoms. The normalized spacial score (nSPS) is 16.2. The third kappa shape index (κ3) is 2.28. The molecular weight excluding hydrogens is 204 g/mol. The largest absolute Gasteiger partial charge is 0.354 e. The molecule has 0 aromatic carbocycles. The maximum absolute atomic E-state index is 11.2. The Morgan fingerprint density at radius 1 is 1.44 bits per heavy atom. The molecule has 0 saturated carbocycles. The van der Waals surface area contributed by atoms with Gasteiger partial charge in [0.1, 0.15) is 11.9 Å². The van der Waals surface area contributed by atoms with E-state index < -0.39 is 0 Å². The summed E-state index contributed by atoms with van der Waals surface area (Å²) in [5.74, 6) is 0.895. The molecule has 1 N–H and O–H groups in total. The molecular formula is C11H12N4O. The smallest absolute Gasteiger partial charge is 0.221 e. The van der Waals surface area contributed by atoms with Crippen molar-refractivity contribution in [2.24, 2.45) is 0 Å². The highest BCUT2D eigenvalue weighted by atomic mass is 16.1. The van der Waals surface area contributed by atoms with Gasteiger partial charge in [0.05, 0.1) is 5.56 Å². The summed E-state index contributed by atoms with van der Waals surface area (Å²) in [5.41, 5.74) is 0.549. The number of hydrogen-bond donors (Lipinski definition) is 1. The van der Waals surface area contributed by atoms with Crippen molar-refractivity contribution in [2.45, 2.75) is 6.42 Å². The zero-order valence-corrected chi connectivity index (χ0v) is 8.81. The fourth-order valence-corrected chi connectivity index (χ4v) is 1.64. The Labute approximate surface area is 93.7 Å². The molecule has 1 aromatic heterocycles. The van der Waals surface area contributed by atoms with Crippen LogP contribution in [-0.4, -0.2) is 30.5 Å². The number of nitrogens with one attached hydrogen (secondary N) is 1. The van der Waals surface area contributed by atoms with Crippen molar-refractivity contribution in [1.29, 1.82) is 5.26 Å². The molecule has 1 amide bonds. The first-order chi connectivity index (χ1) is 7.79. The minimum atomic E-state index is 0.0798. The quantitative estimate of drug-likeness (QED) is 0.732. The lowest BCUT2D eigenvalue weighted by Crippen LogP contribution is -2.28. The van der Waals surface area contributed by atoms with Crippen molar-refractivity contribution >= 4 is 11.7 Å². The Morgan fingerprint density at radius 2 is 2.31 bits per heavy atom. The third-order valence-corrected chi connectivity index (χ3v) is 2.51. The van der Waals surface area contributed by atoms with E-state index in [9.17, 15) is 4.79 Å². The second kappa shape index (κ2) is 4.62. The number of anilines is 1. The summed E-state index contributed by atoms with van der Waals surface area (Å²) in [6, 6.07) is 5.58. The highest BCUT2D eigenvalue weighted by Gasteiger charge is 2.14. The maximum atomic E-state index is 11.2. The Morgan fingerprint density at radius 3 is 3.00 bits per heavy atom. The maximum Gasteiger partial charge on any atom is 0.221 e. The number of nitrogens with zero attached hydrogens (tertiary/aromatic N) is 3. The summed E-state index contributed by atoms with van der Waals surface area (Å²) >= 11 is 0. The minimum Gasteiger partial charge on any atom is -0.354 e. The molecule has 1 aromatic rings. The monoisotopic (exact) mass is 216 g/mol. The molecule has 0 spiro atoms. The van der Waals surface area contributed by atoms with Crippen molar-refractivity contribution in [1.82, 2.24) is 10.3 Å². The average molecular weight is 216 g/mol. The van der Waals surface area contributed by atoms with Crippen LogP contribution in [0.3, 0.4) is 0 Å². The van der Waals surface area contributed by atoms with E-state index in [1.54, 1.807) is 12.3 Å². The van der Waals surface area contributed by atoms with Gasteiger partial charge in [0.15, 0.2) is 0 Å². The first kappa shape index (κ1) is 10.4. The predicted octanol–water partition coefficient (Wildman–Crippen LogP) is 0.280. The first-order valence-electron chi connectivity index (χ1n) is 5.17. The van der Waals surface area contributed by atoms with Crippen molar-refractivity contribution in [3.05, 3.63) is 23.9 Å². The van der Waals surface area contributed by atoms with Crippen molar-refractivity contribution < 1.29 is 4.79 Å². The second-order valence-electron chi connectivity index (χ2n) is 3.60. The van der Waals surface area contributed by atoms with E-state index in [0.717, 1.165) is 12.4 Å². The summed E-state index contributed by atoms with van der Waals surface area (Å²) in [7, 11) is 0. The SMILES string of the molecule is N#Cc1ccc(N2CCNC(=O)CC2)nc1. The van der Waals surface area contributed by atoms with Gasteiger partial charge in [-0.2, -0.15) is 5.26 Å². The van der Waals surface area contributed by atoms with Gasteiger partial charge in [-0.15, -0.1) is 0 Å². The van der Waals surface area contributed by atoms with Crippen LogP contribution < -0.4 is 10.2 Å². The third-order valence-electron chi connectivity index (χ3n) is 2.51. The van der Waals surface area contributed by atoms with Gasteiger partial charge in [0.2, 0.25) is 5.91 Å². The van der Waals surface area contributed by atoms with Crippen LogP contribution in [0.5, 0.6) is 0 Å². The van der Waals surface area contributed by atoms with Gasteiger partial charge >= 0.3 is 0 Å². The number of pyridine rings is 1. The van der Waals surface area contributed by atoms with E-state index in [-0.39, 0.29) is 5.91 Å². The molecule has 0 bridgehead atoms. The van der Waals surface area contributed by atoms with Crippen molar-refractivity contribution in [3.8, 4) is 6.07 Å². The van der Waals surface area contributed by atoms with Crippen LogP contribution in [0, 0.1) is 11.3 Å². The van der Waals surface area contributed by atoms with E-state index in [0.29, 0.717) is 25.1 Å². The molecule has 0 atom stereocenters. The van der Waals surface area contributed by atoms with Gasteiger partial charge in [0.25, 0.3) is 0 Å². The van der Waals surface area contributed by atoms with Gasteiger partial charge in [-0.05, 0) is 12.1 Å². The summed E-state index contributed by atoms with van der Waals surface area (Å²) in [6.45, 7) is 2.07. The van der Waals surface area contributed by atoms with Crippen molar-refractivity contribution in [3.63, 3.8) is 0 Å². The highest BCUT2D eigenvalue weighted by Crippen LogP contribution is 2.12. The molecule has 1 saturated heterocycles. The van der Waals surface area contributed by atoms with Gasteiger partial charge in [-0.3, -0.25) is 4.79 Å². The Bertz CT molecular complexity index is 421. The molecule has 1 aliphatic heterocycles. The van der Waals surface area contributed by atoms with E-state index >= 15 is 0 Å². The molecule has 2 rings (SSSR count). The van der Waals surface area contributed by atoms with E-state index in [4.69, 9.17) is 5.26 Å². The molecule has 82 valence electrons. The molecule has 0 radical (unpaired) electrons. The fourth-order valence-electron chi connectivity index (χ4n) is 1.64. The lowest BCUT2D eigenvalue weighted by molar-refractivity contribution is -0.120. The molecule has 5 nitrogen and oxygen atoms in total. The fraction of sp³-hybridized carbons (Fsp3) is 0.364. The molecule has 1 fully saturated rings. The second-order valence-corrected chi connectivity index (χ2v) is 3.60. The van der Waals surface area contributed by atoms with Gasteiger partial charge in [0, 0.05) is 32.3 Å². The van der Waals surface area contributed by atoms with E-state index in [2.05, 4.69) is 10.3 Å². The van der Waals surface area contributed by atoms with Crippen LogP contribution in [-0.2, 0) is 4.79 Å². The highest BCUT2D eigenvalue weighted by molar-refractivity contribution is 5.77. The van der Waals surface area contributed by atoms with Crippen LogP contribution in [0.2, 0.25) is 0 Å². The topological polar surface area (TPSA) is 69.0 Å². The zero-order valence-electron chi connectivity index (χ0n) is 8.81. The molecule has 16 heavy (non-hydrogen) atoms. The molecule has 0 unspecified atom stereocenters. The van der Waals surface area contributed by atoms with Crippen LogP contribution >= 0.6 is 0 Å². The van der Waals surface area contributed by atoms with Gasteiger partial charge < -0.3 is 10.2 Å². The number of rotatable bonds is 1. The lowest BCUT2D eigenvalue weighted by Gasteiger charge is -2.20. The molecule has 1 aliphatic rings. The summed E-state index contributed by atoms with van der Waals surface area (Å²) in [6.07, 6.45) is 2.04. The average Bonchev–Trinajstić information content (AvgIpc) is 2.54. The number of amides is 1. The minimum absolute atomic E-state index is 0.0798. The number of carbonyl (C=O) groups is 1.